The topological polar surface area (TPSA) is 86.7 Å². The Balaban J connectivity index is 1.91. The maximum atomic E-state index is 12.3. The van der Waals surface area contributed by atoms with Crippen LogP contribution in [0.3, 0.4) is 0 Å². The molecule has 6 heteroatoms. The van der Waals surface area contributed by atoms with Crippen molar-refractivity contribution in [3.05, 3.63) is 65.7 Å². The summed E-state index contributed by atoms with van der Waals surface area (Å²) in [7, 11) is 0. The molecular weight excluding hydrogens is 344 g/mol. The maximum absolute atomic E-state index is 12.3. The lowest BCUT2D eigenvalue weighted by Crippen LogP contribution is -2.38. The van der Waals surface area contributed by atoms with Gasteiger partial charge in [-0.15, -0.1) is 0 Å². The van der Waals surface area contributed by atoms with E-state index in [0.29, 0.717) is 24.2 Å². The summed E-state index contributed by atoms with van der Waals surface area (Å²) in [6.07, 6.45) is 0.676. The van der Waals surface area contributed by atoms with E-state index < -0.39 is 11.9 Å². The molecule has 2 rings (SSSR count). The molecule has 2 aromatic rings. The number of carboxylic acids is 1. The fourth-order valence-electron chi connectivity index (χ4n) is 2.63. The highest BCUT2D eigenvalue weighted by atomic mass is 16.4. The standard InChI is InChI=1S/C21H24N2O4/c1-15(21(26)27)18-8-10-19(11-9-18)22-20(25)14-23(16(2)24)13-12-17-6-4-3-5-7-17/h3-11,15H,12-14H2,1-2H3,(H,22,25)(H,26,27). The Bertz CT molecular complexity index is 788. The summed E-state index contributed by atoms with van der Waals surface area (Å²) in [6.45, 7) is 3.48. The summed E-state index contributed by atoms with van der Waals surface area (Å²) < 4.78 is 0. The van der Waals surface area contributed by atoms with Crippen molar-refractivity contribution in [1.82, 2.24) is 4.90 Å². The van der Waals surface area contributed by atoms with E-state index >= 15 is 0 Å². The van der Waals surface area contributed by atoms with Gasteiger partial charge in [0.25, 0.3) is 0 Å². The predicted molar refractivity (Wildman–Crippen MR) is 104 cm³/mol. The number of aliphatic carboxylic acids is 1. The number of nitrogens with zero attached hydrogens (tertiary/aromatic N) is 1. The summed E-state index contributed by atoms with van der Waals surface area (Å²) in [5.41, 5.74) is 2.33. The molecule has 0 spiro atoms. The molecule has 2 aromatic carbocycles. The number of carboxylic acid groups (broad SMARTS) is 1. The van der Waals surface area contributed by atoms with Crippen LogP contribution in [0, 0.1) is 0 Å². The summed E-state index contributed by atoms with van der Waals surface area (Å²) in [5.74, 6) is -1.97. The average Bonchev–Trinajstić information content (AvgIpc) is 2.65. The lowest BCUT2D eigenvalue weighted by Gasteiger charge is -2.20. The molecule has 1 unspecified atom stereocenters. The molecule has 0 heterocycles. The Morgan fingerprint density at radius 3 is 2.22 bits per heavy atom. The number of anilines is 1. The summed E-state index contributed by atoms with van der Waals surface area (Å²) in [5, 5.41) is 11.8. The van der Waals surface area contributed by atoms with Crippen molar-refractivity contribution in [2.24, 2.45) is 0 Å². The van der Waals surface area contributed by atoms with E-state index in [-0.39, 0.29) is 18.4 Å². The molecule has 2 amide bonds. The molecule has 0 aliphatic carbocycles. The molecule has 0 radical (unpaired) electrons. The van der Waals surface area contributed by atoms with Crippen molar-refractivity contribution in [1.29, 1.82) is 0 Å². The highest BCUT2D eigenvalue weighted by molar-refractivity contribution is 5.94. The monoisotopic (exact) mass is 368 g/mol. The van der Waals surface area contributed by atoms with Gasteiger partial charge in [-0.25, -0.2) is 0 Å². The molecule has 0 aliphatic rings. The largest absolute Gasteiger partial charge is 0.481 e. The van der Waals surface area contributed by atoms with E-state index in [0.717, 1.165) is 5.56 Å². The SMILES string of the molecule is CC(=O)N(CCc1ccccc1)CC(=O)Nc1ccc(C(C)C(=O)O)cc1. The molecule has 0 aliphatic heterocycles. The van der Waals surface area contributed by atoms with Crippen LogP contribution >= 0.6 is 0 Å². The highest BCUT2D eigenvalue weighted by Crippen LogP contribution is 2.18. The molecule has 0 fully saturated rings. The molecule has 0 saturated heterocycles. The Morgan fingerprint density at radius 2 is 1.67 bits per heavy atom. The van der Waals surface area contributed by atoms with E-state index in [1.807, 2.05) is 30.3 Å². The quantitative estimate of drug-likeness (QED) is 0.750. The van der Waals surface area contributed by atoms with Gasteiger partial charge >= 0.3 is 5.97 Å². The highest BCUT2D eigenvalue weighted by Gasteiger charge is 2.15. The van der Waals surface area contributed by atoms with Gasteiger partial charge in [-0.2, -0.15) is 0 Å². The molecule has 6 nitrogen and oxygen atoms in total. The van der Waals surface area contributed by atoms with Gasteiger partial charge in [-0.1, -0.05) is 42.5 Å². The fraction of sp³-hybridized carbons (Fsp3) is 0.286. The minimum absolute atomic E-state index is 0.0323. The van der Waals surface area contributed by atoms with E-state index in [1.165, 1.54) is 11.8 Å². The van der Waals surface area contributed by atoms with E-state index in [4.69, 9.17) is 5.11 Å². The van der Waals surface area contributed by atoms with Crippen LogP contribution in [0.5, 0.6) is 0 Å². The van der Waals surface area contributed by atoms with Gasteiger partial charge in [0, 0.05) is 19.2 Å². The summed E-state index contributed by atoms with van der Waals surface area (Å²) >= 11 is 0. The molecule has 0 saturated carbocycles. The number of hydrogen-bond acceptors (Lipinski definition) is 3. The number of benzene rings is 2. The lowest BCUT2D eigenvalue weighted by atomic mass is 10.0. The Morgan fingerprint density at radius 1 is 1.04 bits per heavy atom. The zero-order valence-electron chi connectivity index (χ0n) is 15.5. The molecule has 142 valence electrons. The van der Waals surface area contributed by atoms with Gasteiger partial charge in [-0.05, 0) is 36.6 Å². The first-order valence-electron chi connectivity index (χ1n) is 8.79. The number of amides is 2. The van der Waals surface area contributed by atoms with Gasteiger partial charge < -0.3 is 15.3 Å². The smallest absolute Gasteiger partial charge is 0.310 e. The Kier molecular flexibility index (Phi) is 7.11. The van der Waals surface area contributed by atoms with E-state index in [1.54, 1.807) is 31.2 Å². The second-order valence-corrected chi connectivity index (χ2v) is 6.41. The first kappa shape index (κ1) is 20.2. The first-order chi connectivity index (χ1) is 12.9. The minimum Gasteiger partial charge on any atom is -0.481 e. The number of carbonyl (C=O) groups excluding carboxylic acids is 2. The third kappa shape index (κ3) is 6.26. The molecule has 0 bridgehead atoms. The minimum atomic E-state index is -0.901. The van der Waals surface area contributed by atoms with Crippen molar-refractivity contribution in [3.8, 4) is 0 Å². The van der Waals surface area contributed by atoms with Crippen molar-refractivity contribution >= 4 is 23.5 Å². The third-order valence-electron chi connectivity index (χ3n) is 4.36. The van der Waals surface area contributed by atoms with Crippen LogP contribution in [0.15, 0.2) is 54.6 Å². The summed E-state index contributed by atoms with van der Waals surface area (Å²) in [4.78, 5) is 36.6. The van der Waals surface area contributed by atoms with E-state index in [9.17, 15) is 14.4 Å². The number of nitrogens with one attached hydrogen (secondary N) is 1. The number of carbonyl (C=O) groups is 3. The van der Waals surface area contributed by atoms with Crippen LogP contribution in [0.25, 0.3) is 0 Å². The maximum Gasteiger partial charge on any atom is 0.310 e. The van der Waals surface area contributed by atoms with Crippen LogP contribution in [0.1, 0.15) is 30.9 Å². The fourth-order valence-corrected chi connectivity index (χ4v) is 2.63. The Labute approximate surface area is 158 Å². The van der Waals surface area contributed by atoms with Gasteiger partial charge in [0.15, 0.2) is 0 Å². The van der Waals surface area contributed by atoms with Gasteiger partial charge in [-0.3, -0.25) is 14.4 Å². The molecule has 0 aromatic heterocycles. The van der Waals surface area contributed by atoms with Gasteiger partial charge in [0.2, 0.25) is 11.8 Å². The van der Waals surface area contributed by atoms with Crippen LogP contribution in [0.4, 0.5) is 5.69 Å². The van der Waals surface area contributed by atoms with Gasteiger partial charge in [0.1, 0.15) is 0 Å². The van der Waals surface area contributed by atoms with Crippen LogP contribution < -0.4 is 5.32 Å². The first-order valence-corrected chi connectivity index (χ1v) is 8.79. The zero-order chi connectivity index (χ0) is 19.8. The van der Waals surface area contributed by atoms with Crippen molar-refractivity contribution in [2.75, 3.05) is 18.4 Å². The van der Waals surface area contributed by atoms with Crippen LogP contribution in [0.2, 0.25) is 0 Å². The predicted octanol–water partition coefficient (Wildman–Crippen LogP) is 2.90. The molecule has 1 atom stereocenters. The molecule has 27 heavy (non-hydrogen) atoms. The normalized spacial score (nSPS) is 11.5. The van der Waals surface area contributed by atoms with Crippen molar-refractivity contribution < 1.29 is 19.5 Å². The molecular formula is C21H24N2O4. The van der Waals surface area contributed by atoms with Crippen molar-refractivity contribution in [2.45, 2.75) is 26.2 Å². The third-order valence-corrected chi connectivity index (χ3v) is 4.36. The van der Waals surface area contributed by atoms with Crippen LogP contribution in [-0.4, -0.2) is 40.9 Å². The number of hydrogen-bond donors (Lipinski definition) is 2. The lowest BCUT2D eigenvalue weighted by molar-refractivity contribution is -0.138. The van der Waals surface area contributed by atoms with Crippen molar-refractivity contribution in [3.63, 3.8) is 0 Å². The second kappa shape index (κ2) is 9.52. The Hall–Kier alpha value is -3.15. The van der Waals surface area contributed by atoms with Crippen LogP contribution in [-0.2, 0) is 20.8 Å². The van der Waals surface area contributed by atoms with E-state index in [2.05, 4.69) is 5.32 Å². The molecule has 2 N–H and O–H groups in total. The number of rotatable bonds is 8. The summed E-state index contributed by atoms with van der Waals surface area (Å²) in [6, 6.07) is 16.4. The van der Waals surface area contributed by atoms with Gasteiger partial charge in [0.05, 0.1) is 12.5 Å². The average molecular weight is 368 g/mol. The zero-order valence-corrected chi connectivity index (χ0v) is 15.5. The second-order valence-electron chi connectivity index (χ2n) is 6.41.